The molecule has 0 atom stereocenters. The minimum absolute atomic E-state index is 0.187. The summed E-state index contributed by atoms with van der Waals surface area (Å²) < 4.78 is 2.23. The van der Waals surface area contributed by atoms with Crippen LogP contribution >= 0.6 is 0 Å². The summed E-state index contributed by atoms with van der Waals surface area (Å²) in [5.41, 5.74) is 6.66. The third kappa shape index (κ3) is 3.35. The summed E-state index contributed by atoms with van der Waals surface area (Å²) in [7, 11) is 1.59. The number of nitrogens with one attached hydrogen (secondary N) is 1. The molecule has 5 nitrogen and oxygen atoms in total. The number of benzene rings is 1. The van der Waals surface area contributed by atoms with E-state index in [2.05, 4.69) is 40.9 Å². The Kier molecular flexibility index (Phi) is 4.85. The van der Waals surface area contributed by atoms with E-state index in [4.69, 9.17) is 5.26 Å². The number of pyridine rings is 1. The Morgan fingerprint density at radius 1 is 1.19 bits per heavy atom. The summed E-state index contributed by atoms with van der Waals surface area (Å²) in [5.74, 6) is -0.187. The van der Waals surface area contributed by atoms with Crippen LogP contribution in [0.15, 0.2) is 48.7 Å². The maximum absolute atomic E-state index is 11.6. The number of amides is 1. The number of nitrogens with zero attached hydrogens (tertiary/aromatic N) is 3. The molecule has 1 amide bonds. The molecule has 2 aromatic heterocycles. The second-order valence-electron chi connectivity index (χ2n) is 6.19. The van der Waals surface area contributed by atoms with Crippen LogP contribution in [0.2, 0.25) is 0 Å². The Balaban J connectivity index is 1.88. The number of rotatable bonds is 4. The summed E-state index contributed by atoms with van der Waals surface area (Å²) in [5, 5.41) is 11.5. The molecule has 5 heteroatoms. The minimum atomic E-state index is -0.187. The zero-order valence-electron chi connectivity index (χ0n) is 15.1. The van der Waals surface area contributed by atoms with Crippen LogP contribution in [0.4, 0.5) is 0 Å². The molecular formula is C21H20N4O. The molecule has 0 aliphatic carbocycles. The van der Waals surface area contributed by atoms with E-state index in [0.29, 0.717) is 17.8 Å². The molecule has 3 aromatic rings. The quantitative estimate of drug-likeness (QED) is 0.788. The first kappa shape index (κ1) is 17.4. The van der Waals surface area contributed by atoms with E-state index in [0.717, 1.165) is 28.1 Å². The van der Waals surface area contributed by atoms with E-state index in [9.17, 15) is 4.79 Å². The van der Waals surface area contributed by atoms with Gasteiger partial charge in [0.2, 0.25) is 0 Å². The molecule has 1 N–H and O–H groups in total. The lowest BCUT2D eigenvalue weighted by atomic mass is 10.0. The first-order chi connectivity index (χ1) is 12.5. The average Bonchev–Trinajstić information content (AvgIpc) is 2.96. The number of nitriles is 1. The molecule has 0 radical (unpaired) electrons. The van der Waals surface area contributed by atoms with Crippen molar-refractivity contribution in [1.29, 1.82) is 5.26 Å². The highest BCUT2D eigenvalue weighted by atomic mass is 16.1. The number of carbonyl (C=O) groups is 1. The van der Waals surface area contributed by atoms with Gasteiger partial charge in [-0.2, -0.15) is 5.26 Å². The fourth-order valence-corrected chi connectivity index (χ4v) is 3.02. The topological polar surface area (TPSA) is 70.7 Å². The highest BCUT2D eigenvalue weighted by molar-refractivity contribution is 5.91. The molecule has 0 fully saturated rings. The van der Waals surface area contributed by atoms with Crippen molar-refractivity contribution in [1.82, 2.24) is 14.9 Å². The highest BCUT2D eigenvalue weighted by Gasteiger charge is 2.12. The van der Waals surface area contributed by atoms with E-state index in [1.165, 1.54) is 0 Å². The molecule has 0 spiro atoms. The SMILES string of the molecule is CNC(=O)c1ccc(Cn2c(C)cc(-c3ccc(C#N)cc3)c2C)cn1. The van der Waals surface area contributed by atoms with Gasteiger partial charge in [0.05, 0.1) is 11.6 Å². The third-order valence-corrected chi connectivity index (χ3v) is 4.52. The Labute approximate surface area is 152 Å². The smallest absolute Gasteiger partial charge is 0.269 e. The lowest BCUT2D eigenvalue weighted by molar-refractivity contribution is 0.0958. The molecule has 0 aliphatic rings. The molecule has 3 rings (SSSR count). The van der Waals surface area contributed by atoms with Gasteiger partial charge in [0.25, 0.3) is 5.91 Å². The predicted molar refractivity (Wildman–Crippen MR) is 101 cm³/mol. The van der Waals surface area contributed by atoms with Crippen LogP contribution in [0.1, 0.15) is 33.0 Å². The summed E-state index contributed by atoms with van der Waals surface area (Å²) in [6.45, 7) is 4.86. The second kappa shape index (κ2) is 7.24. The van der Waals surface area contributed by atoms with Crippen LogP contribution in [-0.4, -0.2) is 22.5 Å². The van der Waals surface area contributed by atoms with Gasteiger partial charge in [-0.1, -0.05) is 18.2 Å². The number of aryl methyl sites for hydroxylation is 1. The normalized spacial score (nSPS) is 10.4. The van der Waals surface area contributed by atoms with Crippen LogP contribution in [-0.2, 0) is 6.54 Å². The van der Waals surface area contributed by atoms with Crippen LogP contribution in [0.5, 0.6) is 0 Å². The zero-order valence-corrected chi connectivity index (χ0v) is 15.1. The van der Waals surface area contributed by atoms with E-state index in [1.807, 2.05) is 30.3 Å². The standard InChI is InChI=1S/C21H20N4O/c1-14-10-19(18-7-4-16(11-22)5-8-18)15(2)25(14)13-17-6-9-20(24-12-17)21(26)23-3/h4-10,12H,13H2,1-3H3,(H,23,26). The molecule has 0 bridgehead atoms. The molecule has 0 unspecified atom stereocenters. The Morgan fingerprint density at radius 2 is 1.92 bits per heavy atom. The number of hydrogen-bond donors (Lipinski definition) is 1. The van der Waals surface area contributed by atoms with E-state index in [-0.39, 0.29) is 5.91 Å². The van der Waals surface area contributed by atoms with Crippen molar-refractivity contribution in [3.8, 4) is 17.2 Å². The van der Waals surface area contributed by atoms with Crippen molar-refractivity contribution in [2.24, 2.45) is 0 Å². The van der Waals surface area contributed by atoms with Gasteiger partial charge in [0.15, 0.2) is 0 Å². The maximum Gasteiger partial charge on any atom is 0.269 e. The molecule has 0 saturated carbocycles. The number of hydrogen-bond acceptors (Lipinski definition) is 3. The molecule has 26 heavy (non-hydrogen) atoms. The predicted octanol–water partition coefficient (Wildman–Crippen LogP) is 3.45. The Hall–Kier alpha value is -3.39. The van der Waals surface area contributed by atoms with Gasteiger partial charge in [-0.15, -0.1) is 0 Å². The van der Waals surface area contributed by atoms with Crippen molar-refractivity contribution >= 4 is 5.91 Å². The van der Waals surface area contributed by atoms with Gasteiger partial charge in [-0.25, -0.2) is 0 Å². The van der Waals surface area contributed by atoms with Gasteiger partial charge in [-0.3, -0.25) is 9.78 Å². The fourth-order valence-electron chi connectivity index (χ4n) is 3.02. The summed E-state index contributed by atoms with van der Waals surface area (Å²) in [6.07, 6.45) is 1.74. The van der Waals surface area contributed by atoms with E-state index in [1.54, 1.807) is 19.3 Å². The maximum atomic E-state index is 11.6. The van der Waals surface area contributed by atoms with Crippen molar-refractivity contribution in [2.75, 3.05) is 7.05 Å². The summed E-state index contributed by atoms with van der Waals surface area (Å²) in [6, 6.07) is 15.6. The largest absolute Gasteiger partial charge is 0.354 e. The Morgan fingerprint density at radius 3 is 2.50 bits per heavy atom. The lowest BCUT2D eigenvalue weighted by Crippen LogP contribution is -2.19. The molecule has 1 aromatic carbocycles. The van der Waals surface area contributed by atoms with Crippen molar-refractivity contribution in [3.05, 3.63) is 76.9 Å². The van der Waals surface area contributed by atoms with Crippen molar-refractivity contribution in [2.45, 2.75) is 20.4 Å². The lowest BCUT2D eigenvalue weighted by Gasteiger charge is -2.10. The monoisotopic (exact) mass is 344 g/mol. The van der Waals surface area contributed by atoms with Crippen molar-refractivity contribution < 1.29 is 4.79 Å². The first-order valence-corrected chi connectivity index (χ1v) is 8.37. The van der Waals surface area contributed by atoms with Gasteiger partial charge in [0.1, 0.15) is 5.69 Å². The van der Waals surface area contributed by atoms with Crippen LogP contribution in [0.3, 0.4) is 0 Å². The molecule has 0 aliphatic heterocycles. The molecule has 130 valence electrons. The van der Waals surface area contributed by atoms with Crippen LogP contribution in [0.25, 0.3) is 11.1 Å². The highest BCUT2D eigenvalue weighted by Crippen LogP contribution is 2.27. The van der Waals surface area contributed by atoms with Crippen molar-refractivity contribution in [3.63, 3.8) is 0 Å². The van der Waals surface area contributed by atoms with Crippen LogP contribution in [0, 0.1) is 25.2 Å². The zero-order chi connectivity index (χ0) is 18.7. The van der Waals surface area contributed by atoms with E-state index >= 15 is 0 Å². The fraction of sp³-hybridized carbons (Fsp3) is 0.190. The Bertz CT molecular complexity index is 977. The van der Waals surface area contributed by atoms with Gasteiger partial charge < -0.3 is 9.88 Å². The second-order valence-corrected chi connectivity index (χ2v) is 6.19. The minimum Gasteiger partial charge on any atom is -0.354 e. The number of carbonyl (C=O) groups excluding carboxylic acids is 1. The average molecular weight is 344 g/mol. The van der Waals surface area contributed by atoms with E-state index < -0.39 is 0 Å². The first-order valence-electron chi connectivity index (χ1n) is 8.37. The summed E-state index contributed by atoms with van der Waals surface area (Å²) >= 11 is 0. The molecule has 0 saturated heterocycles. The van der Waals surface area contributed by atoms with Gasteiger partial charge in [0, 0.05) is 36.7 Å². The number of aromatic nitrogens is 2. The third-order valence-electron chi connectivity index (χ3n) is 4.52. The van der Waals surface area contributed by atoms with Crippen LogP contribution < -0.4 is 5.32 Å². The molecular weight excluding hydrogens is 324 g/mol. The summed E-state index contributed by atoms with van der Waals surface area (Å²) in [4.78, 5) is 15.8. The van der Waals surface area contributed by atoms with Gasteiger partial charge >= 0.3 is 0 Å². The molecule has 2 heterocycles. The van der Waals surface area contributed by atoms with Gasteiger partial charge in [-0.05, 0) is 49.2 Å².